The molecule has 0 bridgehead atoms. The minimum atomic E-state index is -4.37. The molecule has 7 nitrogen and oxygen atoms in total. The van der Waals surface area contributed by atoms with Crippen LogP contribution >= 0.6 is 11.6 Å². The zero-order chi connectivity index (χ0) is 26.3. The van der Waals surface area contributed by atoms with Crippen molar-refractivity contribution in [2.24, 2.45) is 0 Å². The van der Waals surface area contributed by atoms with Gasteiger partial charge in [-0.1, -0.05) is 23.7 Å². The number of benzene rings is 2. The molecule has 2 saturated heterocycles. The minimum Gasteiger partial charge on any atom is -0.480 e. The zero-order valence-electron chi connectivity index (χ0n) is 19.7. The molecule has 11 heteroatoms. The smallest absolute Gasteiger partial charge is 0.416 e. The Kier molecular flexibility index (Phi) is 7.08. The highest BCUT2D eigenvalue weighted by Gasteiger charge is 2.39. The number of hydrogen-bond donors (Lipinski definition) is 2. The third kappa shape index (κ3) is 5.56. The van der Waals surface area contributed by atoms with Gasteiger partial charge in [0.05, 0.1) is 24.3 Å². The van der Waals surface area contributed by atoms with E-state index in [0.29, 0.717) is 42.3 Å². The molecule has 3 aliphatic rings. The van der Waals surface area contributed by atoms with Gasteiger partial charge in [-0.05, 0) is 48.7 Å². The summed E-state index contributed by atoms with van der Waals surface area (Å²) in [6.45, 7) is 1.02. The first kappa shape index (κ1) is 25.8. The van der Waals surface area contributed by atoms with Gasteiger partial charge in [0, 0.05) is 36.0 Å². The summed E-state index contributed by atoms with van der Waals surface area (Å²) in [5, 5.41) is 13.7. The van der Waals surface area contributed by atoms with Gasteiger partial charge in [-0.3, -0.25) is 9.59 Å². The molecule has 2 fully saturated rings. The lowest BCUT2D eigenvalue weighted by atomic mass is 9.90. The number of ether oxygens (including phenoxy) is 2. The maximum Gasteiger partial charge on any atom is 0.416 e. The number of aliphatic hydroxyl groups excluding tert-OH is 1. The Morgan fingerprint density at radius 1 is 1.05 bits per heavy atom. The molecule has 2 aromatic carbocycles. The van der Waals surface area contributed by atoms with Crippen LogP contribution in [0.1, 0.15) is 48.0 Å². The van der Waals surface area contributed by atoms with Gasteiger partial charge in [-0.2, -0.15) is 13.2 Å². The van der Waals surface area contributed by atoms with Crippen molar-refractivity contribution in [2.75, 3.05) is 19.7 Å². The Hall–Kier alpha value is -2.82. The molecule has 198 valence electrons. The fourth-order valence-corrected chi connectivity index (χ4v) is 5.13. The van der Waals surface area contributed by atoms with Gasteiger partial charge in [0.1, 0.15) is 11.9 Å². The molecular formula is C26H26ClF3N2O5. The van der Waals surface area contributed by atoms with E-state index >= 15 is 0 Å². The van der Waals surface area contributed by atoms with Gasteiger partial charge >= 0.3 is 6.18 Å². The average Bonchev–Trinajstić information content (AvgIpc) is 2.83. The third-order valence-electron chi connectivity index (χ3n) is 7.13. The summed E-state index contributed by atoms with van der Waals surface area (Å²) in [5.41, 5.74) is 0.623. The maximum absolute atomic E-state index is 12.8. The van der Waals surface area contributed by atoms with E-state index in [4.69, 9.17) is 21.1 Å². The minimum absolute atomic E-state index is 0.00568. The highest BCUT2D eigenvalue weighted by atomic mass is 35.5. The van der Waals surface area contributed by atoms with Gasteiger partial charge in [-0.25, -0.2) is 0 Å². The molecule has 5 rings (SSSR count). The fraction of sp³-hybridized carbons (Fsp3) is 0.462. The molecule has 3 heterocycles. The molecule has 37 heavy (non-hydrogen) atoms. The predicted molar refractivity (Wildman–Crippen MR) is 127 cm³/mol. The number of hydrogen-bond acceptors (Lipinski definition) is 5. The van der Waals surface area contributed by atoms with Crippen molar-refractivity contribution in [3.8, 4) is 5.75 Å². The maximum atomic E-state index is 12.8. The second-order valence-corrected chi connectivity index (χ2v) is 10.1. The molecule has 0 aromatic heterocycles. The van der Waals surface area contributed by atoms with Gasteiger partial charge in [0.2, 0.25) is 0 Å². The largest absolute Gasteiger partial charge is 0.480 e. The van der Waals surface area contributed by atoms with Gasteiger partial charge in [0.15, 0.2) is 6.10 Å². The number of likely N-dealkylation sites (tertiary alicyclic amines) is 1. The number of nitrogens with zero attached hydrogens (tertiary/aromatic N) is 1. The topological polar surface area (TPSA) is 88.1 Å². The van der Waals surface area contributed by atoms with E-state index in [1.807, 2.05) is 0 Å². The fourth-order valence-electron chi connectivity index (χ4n) is 4.95. The quantitative estimate of drug-likeness (QED) is 0.618. The summed E-state index contributed by atoms with van der Waals surface area (Å²) >= 11 is 5.97. The van der Waals surface area contributed by atoms with E-state index in [-0.39, 0.29) is 36.8 Å². The molecule has 0 saturated carbocycles. The number of halogens is 4. The van der Waals surface area contributed by atoms with Gasteiger partial charge < -0.3 is 24.8 Å². The zero-order valence-corrected chi connectivity index (χ0v) is 20.5. The Morgan fingerprint density at radius 3 is 2.43 bits per heavy atom. The lowest BCUT2D eigenvalue weighted by molar-refractivity contribution is -0.152. The van der Waals surface area contributed by atoms with Gasteiger partial charge in [0.25, 0.3) is 11.8 Å². The highest BCUT2D eigenvalue weighted by molar-refractivity contribution is 6.30. The van der Waals surface area contributed by atoms with Crippen molar-refractivity contribution >= 4 is 23.4 Å². The number of amides is 2. The summed E-state index contributed by atoms with van der Waals surface area (Å²) < 4.78 is 49.8. The molecule has 3 aliphatic heterocycles. The number of alkyl halides is 3. The van der Waals surface area contributed by atoms with E-state index < -0.39 is 30.1 Å². The van der Waals surface area contributed by atoms with Crippen LogP contribution in [-0.2, 0) is 20.5 Å². The number of rotatable bonds is 4. The van der Waals surface area contributed by atoms with E-state index in [0.717, 1.165) is 17.7 Å². The summed E-state index contributed by atoms with van der Waals surface area (Å²) in [5.74, 6) is -0.103. The van der Waals surface area contributed by atoms with Crippen molar-refractivity contribution in [1.82, 2.24) is 10.2 Å². The van der Waals surface area contributed by atoms with Crippen molar-refractivity contribution in [3.63, 3.8) is 0 Å². The number of carbonyl (C=O) groups is 2. The normalized spacial score (nSPS) is 26.0. The first-order valence-electron chi connectivity index (χ1n) is 12.1. The number of carbonyl (C=O) groups excluding carboxylic acids is 2. The standard InChI is InChI=1S/C26H26ClF3N2O5/c27-17-5-7-21-19(9-17)20(33)10-23(37-21)24(34)31-18-6-8-22(36-13-18)25(35)32-11-15(12-32)14-1-3-16(4-2-14)26(28,29)30/h1-5,7,9,15,18,20,22-23,33H,6,8,10-13H2,(H,31,34)/t18-,20-,22+,23-/m1/s1. The van der Waals surface area contributed by atoms with E-state index in [1.165, 1.54) is 12.1 Å². The van der Waals surface area contributed by atoms with E-state index in [2.05, 4.69) is 5.32 Å². The van der Waals surface area contributed by atoms with Crippen LogP contribution in [0.15, 0.2) is 42.5 Å². The summed E-state index contributed by atoms with van der Waals surface area (Å²) in [7, 11) is 0. The number of fused-ring (bicyclic) bond motifs is 1. The molecule has 2 N–H and O–H groups in total. The van der Waals surface area contributed by atoms with E-state index in [9.17, 15) is 27.9 Å². The second-order valence-electron chi connectivity index (χ2n) is 9.70. The monoisotopic (exact) mass is 538 g/mol. The molecule has 0 radical (unpaired) electrons. The average molecular weight is 539 g/mol. The molecule has 2 aromatic rings. The van der Waals surface area contributed by atoms with Crippen LogP contribution in [0.25, 0.3) is 0 Å². The molecule has 2 amide bonds. The predicted octanol–water partition coefficient (Wildman–Crippen LogP) is 3.83. The lowest BCUT2D eigenvalue weighted by Crippen LogP contribution is -2.55. The summed E-state index contributed by atoms with van der Waals surface area (Å²) in [6.07, 6.45) is -5.65. The summed E-state index contributed by atoms with van der Waals surface area (Å²) in [4.78, 5) is 27.2. The number of aliphatic hydroxyl groups is 1. The van der Waals surface area contributed by atoms with Crippen molar-refractivity contribution in [1.29, 1.82) is 0 Å². The Morgan fingerprint density at radius 2 is 1.78 bits per heavy atom. The Labute approximate surface area is 216 Å². The summed E-state index contributed by atoms with van der Waals surface area (Å²) in [6, 6.07) is 9.62. The first-order valence-corrected chi connectivity index (χ1v) is 12.5. The van der Waals surface area contributed by atoms with Crippen LogP contribution in [0.3, 0.4) is 0 Å². The Balaban J connectivity index is 1.07. The van der Waals surface area contributed by atoms with Crippen molar-refractivity contribution in [2.45, 2.75) is 55.7 Å². The molecule has 0 unspecified atom stereocenters. The molecule has 0 aliphatic carbocycles. The van der Waals surface area contributed by atoms with E-state index in [1.54, 1.807) is 23.1 Å². The molecular weight excluding hydrogens is 513 g/mol. The van der Waals surface area contributed by atoms with Crippen LogP contribution in [0, 0.1) is 0 Å². The van der Waals surface area contributed by atoms with Crippen LogP contribution in [-0.4, -0.2) is 59.8 Å². The lowest BCUT2D eigenvalue weighted by Gasteiger charge is -2.42. The van der Waals surface area contributed by atoms with Crippen LogP contribution < -0.4 is 10.1 Å². The number of nitrogens with one attached hydrogen (secondary N) is 1. The SMILES string of the molecule is O=C(N[C@@H]1CC[C@@H](C(=O)N2CC(c3ccc(C(F)(F)F)cc3)C2)OC1)[C@H]1C[C@@H](O)c2cc(Cl)ccc2O1. The van der Waals surface area contributed by atoms with Gasteiger partial charge in [-0.15, -0.1) is 0 Å². The third-order valence-corrected chi connectivity index (χ3v) is 7.37. The molecule has 4 atom stereocenters. The van der Waals surface area contributed by atoms with Crippen LogP contribution in [0.2, 0.25) is 5.02 Å². The first-order chi connectivity index (χ1) is 17.6. The molecule has 0 spiro atoms. The van der Waals surface area contributed by atoms with Crippen LogP contribution in [0.5, 0.6) is 5.75 Å². The van der Waals surface area contributed by atoms with Crippen molar-refractivity contribution < 1.29 is 37.3 Å². The Bertz CT molecular complexity index is 1160. The van der Waals surface area contributed by atoms with Crippen LogP contribution in [0.4, 0.5) is 13.2 Å². The second kappa shape index (κ2) is 10.2. The van der Waals surface area contributed by atoms with Crippen molar-refractivity contribution in [3.05, 3.63) is 64.2 Å². The highest BCUT2D eigenvalue weighted by Crippen LogP contribution is 2.37.